The first-order valence-electron chi connectivity index (χ1n) is 5.50. The van der Waals surface area contributed by atoms with Crippen LogP contribution in [-0.4, -0.2) is 26.8 Å². The molecule has 0 saturated carbocycles. The van der Waals surface area contributed by atoms with Gasteiger partial charge < -0.3 is 10.3 Å². The molecule has 0 saturated heterocycles. The molecule has 3 rings (SSSR count). The van der Waals surface area contributed by atoms with Gasteiger partial charge in [0.15, 0.2) is 0 Å². The summed E-state index contributed by atoms with van der Waals surface area (Å²) in [7, 11) is 1.92. The van der Waals surface area contributed by atoms with Gasteiger partial charge in [0.1, 0.15) is 0 Å². The number of imidazole rings is 1. The Kier molecular flexibility index (Phi) is 2.38. The number of fused-ring (bicyclic) bond motifs is 1. The molecule has 0 spiro atoms. The maximum atomic E-state index is 4.48. The van der Waals surface area contributed by atoms with Crippen LogP contribution in [0.4, 0.5) is 0 Å². The smallest absolute Gasteiger partial charge is 0.229 e. The van der Waals surface area contributed by atoms with Crippen molar-refractivity contribution in [3.05, 3.63) is 42.2 Å². The van der Waals surface area contributed by atoms with Crippen LogP contribution in [0.15, 0.2) is 36.7 Å². The minimum atomic E-state index is 0.744. The molecule has 0 bridgehead atoms. The van der Waals surface area contributed by atoms with E-state index in [0.717, 1.165) is 29.1 Å². The predicted octanol–water partition coefficient (Wildman–Crippen LogP) is 1.47. The summed E-state index contributed by atoms with van der Waals surface area (Å²) < 4.78 is 1.76. The van der Waals surface area contributed by atoms with Crippen LogP contribution in [0.25, 0.3) is 17.0 Å². The maximum Gasteiger partial charge on any atom is 0.229 e. The van der Waals surface area contributed by atoms with Crippen molar-refractivity contribution < 1.29 is 0 Å². The minimum Gasteiger partial charge on any atom is -0.322 e. The van der Waals surface area contributed by atoms with Crippen molar-refractivity contribution in [2.45, 2.75) is 6.54 Å². The van der Waals surface area contributed by atoms with Crippen LogP contribution < -0.4 is 5.32 Å². The fraction of sp³-hybridized carbons (Fsp3) is 0.167. The largest absolute Gasteiger partial charge is 0.322 e. The third kappa shape index (κ3) is 1.81. The van der Waals surface area contributed by atoms with Gasteiger partial charge >= 0.3 is 0 Å². The van der Waals surface area contributed by atoms with Crippen LogP contribution in [0.5, 0.6) is 0 Å². The van der Waals surface area contributed by atoms with E-state index in [2.05, 4.69) is 20.4 Å². The van der Waals surface area contributed by atoms with E-state index in [-0.39, 0.29) is 0 Å². The zero-order valence-corrected chi connectivity index (χ0v) is 9.51. The van der Waals surface area contributed by atoms with Gasteiger partial charge in [-0.1, -0.05) is 12.1 Å². The third-order valence-electron chi connectivity index (χ3n) is 2.61. The molecule has 0 amide bonds. The molecular formula is C12H13N5. The maximum absolute atomic E-state index is 4.48. The van der Waals surface area contributed by atoms with E-state index in [1.807, 2.05) is 43.7 Å². The summed E-state index contributed by atoms with van der Waals surface area (Å²) in [4.78, 5) is 7.72. The molecule has 3 aromatic rings. The molecule has 0 radical (unpaired) electrons. The number of H-pyrrole nitrogens is 1. The highest BCUT2D eigenvalue weighted by molar-refractivity contribution is 5.75. The fourth-order valence-corrected chi connectivity index (χ4v) is 1.82. The zero-order chi connectivity index (χ0) is 11.7. The van der Waals surface area contributed by atoms with Gasteiger partial charge in [-0.15, -0.1) is 0 Å². The average Bonchev–Trinajstić information content (AvgIpc) is 2.94. The summed E-state index contributed by atoms with van der Waals surface area (Å²) >= 11 is 0. The van der Waals surface area contributed by atoms with Gasteiger partial charge in [0.05, 0.1) is 17.2 Å². The van der Waals surface area contributed by atoms with Gasteiger partial charge in [0, 0.05) is 18.3 Å². The minimum absolute atomic E-state index is 0.744. The number of hydrogen-bond donors (Lipinski definition) is 2. The van der Waals surface area contributed by atoms with Gasteiger partial charge in [0.2, 0.25) is 5.95 Å². The van der Waals surface area contributed by atoms with E-state index in [4.69, 9.17) is 0 Å². The molecule has 2 aromatic heterocycles. The lowest BCUT2D eigenvalue weighted by Gasteiger charge is -1.93. The van der Waals surface area contributed by atoms with Crippen molar-refractivity contribution in [3.63, 3.8) is 0 Å². The van der Waals surface area contributed by atoms with Crippen molar-refractivity contribution in [2.75, 3.05) is 7.05 Å². The lowest BCUT2D eigenvalue weighted by molar-refractivity contribution is 0.810. The molecular weight excluding hydrogens is 214 g/mol. The van der Waals surface area contributed by atoms with E-state index in [1.54, 1.807) is 4.68 Å². The second kappa shape index (κ2) is 4.03. The number of aromatic amines is 1. The highest BCUT2D eigenvalue weighted by Gasteiger charge is 2.05. The summed E-state index contributed by atoms with van der Waals surface area (Å²) in [5, 5.41) is 7.37. The molecule has 86 valence electrons. The topological polar surface area (TPSA) is 58.5 Å². The number of nitrogens with zero attached hydrogens (tertiary/aromatic N) is 3. The molecule has 0 aliphatic carbocycles. The average molecular weight is 227 g/mol. The van der Waals surface area contributed by atoms with Crippen LogP contribution in [0.2, 0.25) is 0 Å². The van der Waals surface area contributed by atoms with E-state index < -0.39 is 0 Å². The van der Waals surface area contributed by atoms with E-state index in [9.17, 15) is 0 Å². The quantitative estimate of drug-likeness (QED) is 0.712. The van der Waals surface area contributed by atoms with Crippen LogP contribution in [0.1, 0.15) is 5.56 Å². The second-order valence-electron chi connectivity index (χ2n) is 3.90. The van der Waals surface area contributed by atoms with E-state index in [1.165, 1.54) is 0 Å². The van der Waals surface area contributed by atoms with Crippen LogP contribution in [-0.2, 0) is 6.54 Å². The number of rotatable bonds is 3. The molecule has 0 atom stereocenters. The van der Waals surface area contributed by atoms with Crippen molar-refractivity contribution in [1.82, 2.24) is 25.1 Å². The van der Waals surface area contributed by atoms with Gasteiger partial charge in [-0.3, -0.25) is 0 Å². The first-order valence-corrected chi connectivity index (χ1v) is 5.50. The second-order valence-corrected chi connectivity index (χ2v) is 3.90. The van der Waals surface area contributed by atoms with Gasteiger partial charge in [-0.2, -0.15) is 5.10 Å². The summed E-state index contributed by atoms with van der Waals surface area (Å²) in [5.74, 6) is 0.744. The van der Waals surface area contributed by atoms with Gasteiger partial charge in [0.25, 0.3) is 0 Å². The molecule has 2 N–H and O–H groups in total. The normalized spacial score (nSPS) is 11.1. The summed E-state index contributed by atoms with van der Waals surface area (Å²) in [5.41, 5.74) is 3.11. The SMILES string of the molecule is CNCc1cnn(-c2nc3ccccc3[nH]2)c1. The van der Waals surface area contributed by atoms with Crippen molar-refractivity contribution in [2.24, 2.45) is 0 Å². The Hall–Kier alpha value is -2.14. The molecule has 0 unspecified atom stereocenters. The Morgan fingerprint density at radius 1 is 1.35 bits per heavy atom. The first kappa shape index (κ1) is 10.0. The van der Waals surface area contributed by atoms with Gasteiger partial charge in [-0.05, 0) is 19.2 Å². The number of nitrogens with one attached hydrogen (secondary N) is 2. The lowest BCUT2D eigenvalue weighted by atomic mass is 10.3. The first-order chi connectivity index (χ1) is 8.36. The molecule has 2 heterocycles. The van der Waals surface area contributed by atoms with Crippen molar-refractivity contribution in [3.8, 4) is 5.95 Å². The molecule has 5 heteroatoms. The molecule has 5 nitrogen and oxygen atoms in total. The van der Waals surface area contributed by atoms with Crippen molar-refractivity contribution >= 4 is 11.0 Å². The highest BCUT2D eigenvalue weighted by Crippen LogP contribution is 2.13. The van der Waals surface area contributed by atoms with Gasteiger partial charge in [-0.25, -0.2) is 9.67 Å². The molecule has 17 heavy (non-hydrogen) atoms. The number of aromatic nitrogens is 4. The lowest BCUT2D eigenvalue weighted by Crippen LogP contribution is -2.03. The monoisotopic (exact) mass is 227 g/mol. The molecule has 0 aliphatic heterocycles. The standard InChI is InChI=1S/C12H13N5/c1-13-6-9-7-14-17(8-9)12-15-10-4-2-3-5-11(10)16-12/h2-5,7-8,13H,6H2,1H3,(H,15,16). The molecule has 0 fully saturated rings. The van der Waals surface area contributed by atoms with E-state index >= 15 is 0 Å². The van der Waals surface area contributed by atoms with Crippen molar-refractivity contribution in [1.29, 1.82) is 0 Å². The summed E-state index contributed by atoms with van der Waals surface area (Å²) in [6, 6.07) is 7.94. The number of benzene rings is 1. The Morgan fingerprint density at radius 2 is 2.24 bits per heavy atom. The number of para-hydroxylation sites is 2. The summed E-state index contributed by atoms with van der Waals surface area (Å²) in [6.45, 7) is 0.806. The predicted molar refractivity (Wildman–Crippen MR) is 66.0 cm³/mol. The Bertz CT molecular complexity index is 604. The third-order valence-corrected chi connectivity index (χ3v) is 2.61. The van der Waals surface area contributed by atoms with E-state index in [0.29, 0.717) is 0 Å². The zero-order valence-electron chi connectivity index (χ0n) is 9.51. The Morgan fingerprint density at radius 3 is 3.06 bits per heavy atom. The van der Waals surface area contributed by atoms with Crippen LogP contribution >= 0.6 is 0 Å². The summed E-state index contributed by atoms with van der Waals surface area (Å²) in [6.07, 6.45) is 3.80. The Labute approximate surface area is 98.5 Å². The highest BCUT2D eigenvalue weighted by atomic mass is 15.3. The molecule has 1 aromatic carbocycles. The Balaban J connectivity index is 2.01. The van der Waals surface area contributed by atoms with Crippen LogP contribution in [0, 0.1) is 0 Å². The number of hydrogen-bond acceptors (Lipinski definition) is 3. The molecule has 0 aliphatic rings. The fourth-order valence-electron chi connectivity index (χ4n) is 1.82. The van der Waals surface area contributed by atoms with Crippen LogP contribution in [0.3, 0.4) is 0 Å².